The minimum Gasteiger partial charge on any atom is -0.398 e. The lowest BCUT2D eigenvalue weighted by molar-refractivity contribution is 0.586. The van der Waals surface area contributed by atoms with Crippen molar-refractivity contribution in [2.75, 3.05) is 11.5 Å². The third-order valence-electron chi connectivity index (χ3n) is 3.23. The Hall–Kier alpha value is -0.340. The molecule has 1 aromatic rings. The fourth-order valence-corrected chi connectivity index (χ4v) is 3.21. The Bertz CT molecular complexity index is 355. The molecule has 0 heterocycles. The Morgan fingerprint density at radius 1 is 1.00 bits per heavy atom. The topological polar surface area (TPSA) is 26.0 Å². The van der Waals surface area contributed by atoms with Crippen LogP contribution in [0.1, 0.15) is 58.3 Å². The Balaban J connectivity index is 2.01. The lowest BCUT2D eigenvalue weighted by Crippen LogP contribution is -1.89. The second-order valence-electron chi connectivity index (χ2n) is 5.01. The molecule has 0 bridgehead atoms. The first kappa shape index (κ1) is 16.7. The SMILES string of the molecule is CCCCCCCCCCSc1ccc(Cl)cc1N. The van der Waals surface area contributed by atoms with E-state index in [4.69, 9.17) is 17.3 Å². The van der Waals surface area contributed by atoms with E-state index in [1.807, 2.05) is 30.0 Å². The summed E-state index contributed by atoms with van der Waals surface area (Å²) >= 11 is 7.73. The van der Waals surface area contributed by atoms with Crippen molar-refractivity contribution in [3.8, 4) is 0 Å². The largest absolute Gasteiger partial charge is 0.398 e. The molecule has 0 fully saturated rings. The third kappa shape index (κ3) is 7.74. The predicted molar refractivity (Wildman–Crippen MR) is 89.2 cm³/mol. The van der Waals surface area contributed by atoms with Gasteiger partial charge in [-0.05, 0) is 30.4 Å². The first-order valence-corrected chi connectivity index (χ1v) is 8.78. The highest BCUT2D eigenvalue weighted by Gasteiger charge is 2.00. The number of benzene rings is 1. The zero-order valence-electron chi connectivity index (χ0n) is 12.0. The molecule has 1 rings (SSSR count). The summed E-state index contributed by atoms with van der Waals surface area (Å²) in [4.78, 5) is 1.16. The summed E-state index contributed by atoms with van der Waals surface area (Å²) in [6.45, 7) is 2.26. The zero-order chi connectivity index (χ0) is 13.9. The van der Waals surface area contributed by atoms with E-state index < -0.39 is 0 Å². The van der Waals surface area contributed by atoms with Gasteiger partial charge in [-0.3, -0.25) is 0 Å². The molecule has 0 aliphatic carbocycles. The molecule has 0 radical (unpaired) electrons. The predicted octanol–water partition coefficient (Wildman–Crippen LogP) is 6.16. The number of unbranched alkanes of at least 4 members (excludes halogenated alkanes) is 7. The van der Waals surface area contributed by atoms with Crippen LogP contribution in [0.25, 0.3) is 0 Å². The molecule has 1 nitrogen and oxygen atoms in total. The molecule has 0 spiro atoms. The van der Waals surface area contributed by atoms with Crippen molar-refractivity contribution in [2.45, 2.75) is 63.2 Å². The molecule has 2 N–H and O–H groups in total. The van der Waals surface area contributed by atoms with Crippen molar-refractivity contribution in [3.05, 3.63) is 23.2 Å². The van der Waals surface area contributed by atoms with E-state index in [-0.39, 0.29) is 0 Å². The van der Waals surface area contributed by atoms with E-state index in [9.17, 15) is 0 Å². The normalized spacial score (nSPS) is 10.8. The second kappa shape index (κ2) is 10.4. The monoisotopic (exact) mass is 299 g/mol. The molecular weight excluding hydrogens is 274 g/mol. The number of halogens is 1. The fraction of sp³-hybridized carbons (Fsp3) is 0.625. The van der Waals surface area contributed by atoms with Crippen LogP contribution in [0.15, 0.2) is 23.1 Å². The number of anilines is 1. The number of rotatable bonds is 10. The number of thioether (sulfide) groups is 1. The van der Waals surface area contributed by atoms with Crippen LogP contribution in [0.4, 0.5) is 5.69 Å². The molecule has 0 saturated heterocycles. The molecule has 0 aliphatic rings. The average molecular weight is 300 g/mol. The van der Waals surface area contributed by atoms with Gasteiger partial charge in [0.2, 0.25) is 0 Å². The van der Waals surface area contributed by atoms with Crippen LogP contribution < -0.4 is 5.73 Å². The van der Waals surface area contributed by atoms with Gasteiger partial charge in [0.25, 0.3) is 0 Å². The number of nitrogens with two attached hydrogens (primary N) is 1. The van der Waals surface area contributed by atoms with E-state index in [2.05, 4.69) is 6.92 Å². The lowest BCUT2D eigenvalue weighted by atomic mass is 10.1. The van der Waals surface area contributed by atoms with Crippen molar-refractivity contribution in [1.29, 1.82) is 0 Å². The highest BCUT2D eigenvalue weighted by atomic mass is 35.5. The van der Waals surface area contributed by atoms with Crippen LogP contribution in [-0.2, 0) is 0 Å². The summed E-state index contributed by atoms with van der Waals surface area (Å²) < 4.78 is 0. The summed E-state index contributed by atoms with van der Waals surface area (Å²) in [7, 11) is 0. The minimum atomic E-state index is 0.717. The molecule has 0 atom stereocenters. The van der Waals surface area contributed by atoms with Crippen molar-refractivity contribution in [2.24, 2.45) is 0 Å². The van der Waals surface area contributed by atoms with E-state index in [1.54, 1.807) is 0 Å². The quantitative estimate of drug-likeness (QED) is 0.318. The van der Waals surface area contributed by atoms with Gasteiger partial charge >= 0.3 is 0 Å². The van der Waals surface area contributed by atoms with Gasteiger partial charge in [-0.2, -0.15) is 0 Å². The second-order valence-corrected chi connectivity index (χ2v) is 6.58. The maximum absolute atomic E-state index is 5.93. The van der Waals surface area contributed by atoms with Crippen LogP contribution in [0, 0.1) is 0 Å². The summed E-state index contributed by atoms with van der Waals surface area (Å²) in [6.07, 6.45) is 10.9. The van der Waals surface area contributed by atoms with Gasteiger partial charge in [0, 0.05) is 15.6 Å². The Morgan fingerprint density at radius 2 is 1.63 bits per heavy atom. The molecule has 0 amide bonds. The summed E-state index contributed by atoms with van der Waals surface area (Å²) in [5.74, 6) is 1.15. The molecule has 0 aromatic heterocycles. The van der Waals surface area contributed by atoms with E-state index in [1.165, 1.54) is 51.4 Å². The Morgan fingerprint density at radius 3 is 2.26 bits per heavy atom. The van der Waals surface area contributed by atoms with E-state index >= 15 is 0 Å². The van der Waals surface area contributed by atoms with Crippen molar-refractivity contribution in [3.63, 3.8) is 0 Å². The highest BCUT2D eigenvalue weighted by molar-refractivity contribution is 7.99. The van der Waals surface area contributed by atoms with Gasteiger partial charge in [0.15, 0.2) is 0 Å². The standard InChI is InChI=1S/C16H26ClNS/c1-2-3-4-5-6-7-8-9-12-19-16-11-10-14(17)13-15(16)18/h10-11,13H,2-9,12,18H2,1H3. The number of hydrogen-bond acceptors (Lipinski definition) is 2. The van der Waals surface area contributed by atoms with Gasteiger partial charge < -0.3 is 5.73 Å². The van der Waals surface area contributed by atoms with Gasteiger partial charge in [0.05, 0.1) is 0 Å². The van der Waals surface area contributed by atoms with E-state index in [0.717, 1.165) is 16.3 Å². The first-order valence-electron chi connectivity index (χ1n) is 7.42. The zero-order valence-corrected chi connectivity index (χ0v) is 13.5. The summed E-state index contributed by atoms with van der Waals surface area (Å²) in [5.41, 5.74) is 6.73. The van der Waals surface area contributed by atoms with Crippen LogP contribution >= 0.6 is 23.4 Å². The molecule has 3 heteroatoms. The number of hydrogen-bond donors (Lipinski definition) is 1. The lowest BCUT2D eigenvalue weighted by Gasteiger charge is -2.06. The van der Waals surface area contributed by atoms with E-state index in [0.29, 0.717) is 5.02 Å². The third-order valence-corrected chi connectivity index (χ3v) is 4.64. The Kier molecular flexibility index (Phi) is 9.19. The molecule has 1 aromatic carbocycles. The van der Waals surface area contributed by atoms with Gasteiger partial charge in [-0.15, -0.1) is 11.8 Å². The molecule has 108 valence electrons. The maximum Gasteiger partial charge on any atom is 0.0467 e. The smallest absolute Gasteiger partial charge is 0.0467 e. The van der Waals surface area contributed by atoms with Crippen LogP contribution in [0.3, 0.4) is 0 Å². The number of nitrogen functional groups attached to an aromatic ring is 1. The molecule has 0 aliphatic heterocycles. The molecule has 0 unspecified atom stereocenters. The Labute approximate surface area is 127 Å². The fourth-order valence-electron chi connectivity index (χ4n) is 2.07. The van der Waals surface area contributed by atoms with Crippen LogP contribution in [-0.4, -0.2) is 5.75 Å². The summed E-state index contributed by atoms with van der Waals surface area (Å²) in [6, 6.07) is 5.76. The average Bonchev–Trinajstić information content (AvgIpc) is 2.39. The minimum absolute atomic E-state index is 0.717. The summed E-state index contributed by atoms with van der Waals surface area (Å²) in [5, 5.41) is 0.717. The highest BCUT2D eigenvalue weighted by Crippen LogP contribution is 2.28. The first-order chi connectivity index (χ1) is 9.24. The van der Waals surface area contributed by atoms with Crippen molar-refractivity contribution in [1.82, 2.24) is 0 Å². The molecular formula is C16H26ClNS. The van der Waals surface area contributed by atoms with Gasteiger partial charge in [-0.1, -0.05) is 63.5 Å². The van der Waals surface area contributed by atoms with Gasteiger partial charge in [-0.25, -0.2) is 0 Å². The van der Waals surface area contributed by atoms with Crippen LogP contribution in [0.2, 0.25) is 5.02 Å². The van der Waals surface area contributed by atoms with Crippen molar-refractivity contribution < 1.29 is 0 Å². The van der Waals surface area contributed by atoms with Crippen LogP contribution in [0.5, 0.6) is 0 Å². The molecule has 19 heavy (non-hydrogen) atoms. The van der Waals surface area contributed by atoms with Gasteiger partial charge in [0.1, 0.15) is 0 Å². The van der Waals surface area contributed by atoms with Crippen molar-refractivity contribution >= 4 is 29.1 Å². The molecule has 0 saturated carbocycles. The maximum atomic E-state index is 5.93.